The number of anilines is 3. The zero-order valence-corrected chi connectivity index (χ0v) is 43.4. The minimum atomic E-state index is 1.08. The summed E-state index contributed by atoms with van der Waals surface area (Å²) in [4.78, 5) is 2.38. The molecule has 0 aliphatic carbocycles. The number of fused-ring (bicyclic) bond motifs is 6. The van der Waals surface area contributed by atoms with Crippen LogP contribution in [0.1, 0.15) is 0 Å². The van der Waals surface area contributed by atoms with Gasteiger partial charge in [0.2, 0.25) is 0 Å². The Balaban J connectivity index is 0.776. The molecule has 0 amide bonds. The second-order valence-corrected chi connectivity index (χ2v) is 20.9. The Hall–Kier alpha value is -10.3. The van der Waals surface area contributed by atoms with Crippen LogP contribution in [0, 0.1) is 0 Å². The van der Waals surface area contributed by atoms with Gasteiger partial charge in [-0.05, 0) is 204 Å². The lowest BCUT2D eigenvalue weighted by atomic mass is 9.94. The molecule has 0 bridgehead atoms. The molecule has 0 radical (unpaired) electrons. The number of hydrogen-bond donors (Lipinski definition) is 0. The van der Waals surface area contributed by atoms with Crippen molar-refractivity contribution in [3.63, 3.8) is 0 Å². The fraction of sp³-hybridized carbons (Fsp3) is 0. The van der Waals surface area contributed by atoms with Crippen molar-refractivity contribution >= 4 is 81.7 Å². The molecule has 368 valence electrons. The van der Waals surface area contributed by atoms with Crippen molar-refractivity contribution < 1.29 is 0 Å². The Morgan fingerprint density at radius 3 is 0.671 bits per heavy atom. The number of nitrogens with zero attached hydrogens (tertiary/aromatic N) is 1. The molecule has 79 heavy (non-hydrogen) atoms. The Morgan fingerprint density at radius 2 is 0.380 bits per heavy atom. The molecule has 0 saturated carbocycles. The summed E-state index contributed by atoms with van der Waals surface area (Å²) in [5, 5.41) is 14.9. The summed E-state index contributed by atoms with van der Waals surface area (Å²) in [5.41, 5.74) is 17.8. The van der Waals surface area contributed by atoms with Crippen LogP contribution in [0.5, 0.6) is 0 Å². The van der Waals surface area contributed by atoms with Crippen LogP contribution in [0.2, 0.25) is 0 Å². The lowest BCUT2D eigenvalue weighted by molar-refractivity contribution is 1.28. The molecule has 0 heterocycles. The van der Waals surface area contributed by atoms with E-state index in [4.69, 9.17) is 0 Å². The topological polar surface area (TPSA) is 3.24 Å². The van der Waals surface area contributed by atoms with Gasteiger partial charge in [0.05, 0.1) is 0 Å². The standard InChI is InChI=1S/C78H51N/c1-4-13-58-46-61(25-22-52(58)10-1)64-34-43-76-67(49-64)16-7-19-73(76)55-28-37-70(38-29-55)79(71-39-30-56(31-40-71)74-20-8-17-68-50-65(35-44-77(68)74)62-26-23-53-11-2-5-14-59(53)47-62)72-41-32-57(33-42-72)75-21-9-18-69-51-66(36-45-78(69)75)63-27-24-54-12-3-6-15-60(54)48-63/h1-51H. The lowest BCUT2D eigenvalue weighted by Crippen LogP contribution is -2.09. The van der Waals surface area contributed by atoms with Crippen molar-refractivity contribution in [3.05, 3.63) is 309 Å². The van der Waals surface area contributed by atoms with Crippen LogP contribution in [-0.4, -0.2) is 0 Å². The average molecular weight is 1000 g/mol. The zero-order valence-electron chi connectivity index (χ0n) is 43.4. The van der Waals surface area contributed by atoms with E-state index in [0.717, 1.165) is 17.1 Å². The van der Waals surface area contributed by atoms with Crippen molar-refractivity contribution in [1.29, 1.82) is 0 Å². The van der Waals surface area contributed by atoms with Gasteiger partial charge in [-0.1, -0.05) is 237 Å². The van der Waals surface area contributed by atoms with Crippen LogP contribution < -0.4 is 4.90 Å². The maximum Gasteiger partial charge on any atom is 0.0462 e. The SMILES string of the molecule is c1ccc2cc(-c3ccc4c(-c5ccc(N(c6ccc(-c7cccc8cc(-c9ccc%10ccccc%10c9)ccc78)cc6)c6ccc(-c7cccc8cc(-c9ccc%10ccccc%10c9)ccc78)cc6)cc5)cccc4c3)ccc2c1. The predicted molar refractivity (Wildman–Crippen MR) is 339 cm³/mol. The number of benzene rings is 15. The monoisotopic (exact) mass is 1000 g/mol. The third-order valence-electron chi connectivity index (χ3n) is 16.2. The molecule has 0 aliphatic heterocycles. The highest BCUT2D eigenvalue weighted by Gasteiger charge is 2.17. The van der Waals surface area contributed by atoms with Crippen LogP contribution in [0.3, 0.4) is 0 Å². The van der Waals surface area contributed by atoms with Crippen LogP contribution in [0.4, 0.5) is 17.1 Å². The average Bonchev–Trinajstić information content (AvgIpc) is 3.55. The van der Waals surface area contributed by atoms with Gasteiger partial charge in [0, 0.05) is 17.1 Å². The van der Waals surface area contributed by atoms with Crippen molar-refractivity contribution in [2.24, 2.45) is 0 Å². The summed E-state index contributed by atoms with van der Waals surface area (Å²) >= 11 is 0. The van der Waals surface area contributed by atoms with E-state index in [-0.39, 0.29) is 0 Å². The highest BCUT2D eigenvalue weighted by Crippen LogP contribution is 2.42. The maximum absolute atomic E-state index is 2.38. The summed E-state index contributed by atoms with van der Waals surface area (Å²) in [5.74, 6) is 0. The summed E-state index contributed by atoms with van der Waals surface area (Å²) in [6.07, 6.45) is 0. The summed E-state index contributed by atoms with van der Waals surface area (Å²) < 4.78 is 0. The molecule has 0 spiro atoms. The fourth-order valence-corrected chi connectivity index (χ4v) is 12.1. The van der Waals surface area contributed by atoms with E-state index in [1.165, 1.54) is 131 Å². The summed E-state index contributed by atoms with van der Waals surface area (Å²) in [7, 11) is 0. The first kappa shape index (κ1) is 46.0. The summed E-state index contributed by atoms with van der Waals surface area (Å²) in [6, 6.07) is 114. The van der Waals surface area contributed by atoms with E-state index in [9.17, 15) is 0 Å². The van der Waals surface area contributed by atoms with Gasteiger partial charge in [0.25, 0.3) is 0 Å². The first-order chi connectivity index (χ1) is 39.1. The smallest absolute Gasteiger partial charge is 0.0462 e. The first-order valence-electron chi connectivity index (χ1n) is 27.3. The minimum absolute atomic E-state index is 1.08. The largest absolute Gasteiger partial charge is 0.311 e. The molecule has 0 aromatic heterocycles. The molecule has 0 aliphatic rings. The van der Waals surface area contributed by atoms with E-state index in [1.807, 2.05) is 0 Å². The van der Waals surface area contributed by atoms with Crippen molar-refractivity contribution in [1.82, 2.24) is 0 Å². The molecule has 15 aromatic carbocycles. The molecule has 0 fully saturated rings. The number of rotatable bonds is 9. The molecular weight excluding hydrogens is 951 g/mol. The molecular formula is C78H51N. The van der Waals surface area contributed by atoms with Crippen LogP contribution >= 0.6 is 0 Å². The van der Waals surface area contributed by atoms with Crippen molar-refractivity contribution in [3.8, 4) is 66.8 Å². The van der Waals surface area contributed by atoms with E-state index in [1.54, 1.807) is 0 Å². The highest BCUT2D eigenvalue weighted by molar-refractivity contribution is 6.03. The fourth-order valence-electron chi connectivity index (χ4n) is 12.1. The van der Waals surface area contributed by atoms with Gasteiger partial charge in [-0.15, -0.1) is 0 Å². The molecule has 15 aromatic rings. The van der Waals surface area contributed by atoms with Gasteiger partial charge in [0.15, 0.2) is 0 Å². The van der Waals surface area contributed by atoms with E-state index >= 15 is 0 Å². The van der Waals surface area contributed by atoms with Gasteiger partial charge in [-0.2, -0.15) is 0 Å². The van der Waals surface area contributed by atoms with Crippen molar-refractivity contribution in [2.75, 3.05) is 4.90 Å². The van der Waals surface area contributed by atoms with E-state index in [2.05, 4.69) is 314 Å². The Morgan fingerprint density at radius 1 is 0.152 bits per heavy atom. The van der Waals surface area contributed by atoms with Crippen LogP contribution in [0.25, 0.3) is 131 Å². The highest BCUT2D eigenvalue weighted by atomic mass is 15.1. The Labute approximate surface area is 460 Å². The van der Waals surface area contributed by atoms with Gasteiger partial charge in [0.1, 0.15) is 0 Å². The summed E-state index contributed by atoms with van der Waals surface area (Å²) in [6.45, 7) is 0. The molecule has 0 atom stereocenters. The second-order valence-electron chi connectivity index (χ2n) is 20.9. The molecule has 1 heteroatoms. The number of hydrogen-bond acceptors (Lipinski definition) is 1. The van der Waals surface area contributed by atoms with Gasteiger partial charge in [-0.25, -0.2) is 0 Å². The van der Waals surface area contributed by atoms with Crippen molar-refractivity contribution in [2.45, 2.75) is 0 Å². The quantitative estimate of drug-likeness (QED) is 0.139. The minimum Gasteiger partial charge on any atom is -0.311 e. The molecule has 0 N–H and O–H groups in total. The molecule has 1 nitrogen and oxygen atoms in total. The first-order valence-corrected chi connectivity index (χ1v) is 27.3. The third kappa shape index (κ3) is 8.55. The maximum atomic E-state index is 2.38. The van der Waals surface area contributed by atoms with E-state index in [0.29, 0.717) is 0 Å². The Kier molecular flexibility index (Phi) is 11.3. The molecule has 0 unspecified atom stereocenters. The van der Waals surface area contributed by atoms with E-state index < -0.39 is 0 Å². The molecule has 15 rings (SSSR count). The van der Waals surface area contributed by atoms with Crippen LogP contribution in [0.15, 0.2) is 309 Å². The molecule has 0 saturated heterocycles. The second kappa shape index (κ2) is 19.3. The lowest BCUT2D eigenvalue weighted by Gasteiger charge is -2.26. The van der Waals surface area contributed by atoms with Gasteiger partial charge < -0.3 is 4.90 Å². The van der Waals surface area contributed by atoms with Crippen LogP contribution in [-0.2, 0) is 0 Å². The zero-order chi connectivity index (χ0) is 52.2. The van der Waals surface area contributed by atoms with Gasteiger partial charge >= 0.3 is 0 Å². The normalized spacial score (nSPS) is 11.5. The van der Waals surface area contributed by atoms with Gasteiger partial charge in [-0.3, -0.25) is 0 Å². The third-order valence-corrected chi connectivity index (χ3v) is 16.2. The predicted octanol–water partition coefficient (Wildman–Crippen LogP) is 22.1. The Bertz CT molecular complexity index is 4330.